The fourth-order valence-electron chi connectivity index (χ4n) is 2.35. The summed E-state index contributed by atoms with van der Waals surface area (Å²) in [4.78, 5) is 25.3. The van der Waals surface area contributed by atoms with Gasteiger partial charge in [0, 0.05) is 25.2 Å². The minimum absolute atomic E-state index is 0.0119. The molecule has 1 aromatic carbocycles. The standard InChI is InChI=1S/C19H23N3O3/c1-3-4-5-13(11-20)12-22(2)15-8-9-17(16(10-15)19(24)25)21-18(23)14-6-7-14/h3-5,8-11,14H,1,6-7,12,20H2,2H3,(H,21,23)(H,24,25)/b5-4-,13-11+. The minimum Gasteiger partial charge on any atom is -0.478 e. The van der Waals surface area contributed by atoms with Crippen LogP contribution in [0.5, 0.6) is 0 Å². The monoisotopic (exact) mass is 341 g/mol. The predicted molar refractivity (Wildman–Crippen MR) is 99.6 cm³/mol. The van der Waals surface area contributed by atoms with Crippen molar-refractivity contribution < 1.29 is 14.7 Å². The van der Waals surface area contributed by atoms with Crippen LogP contribution in [0.2, 0.25) is 0 Å². The van der Waals surface area contributed by atoms with Gasteiger partial charge in [0.15, 0.2) is 0 Å². The van der Waals surface area contributed by atoms with Gasteiger partial charge in [-0.25, -0.2) is 4.79 Å². The second-order valence-electron chi connectivity index (χ2n) is 5.99. The van der Waals surface area contributed by atoms with Crippen LogP contribution in [0.25, 0.3) is 0 Å². The Morgan fingerprint density at radius 2 is 2.16 bits per heavy atom. The molecule has 0 aliphatic heterocycles. The third-order valence-electron chi connectivity index (χ3n) is 3.96. The lowest BCUT2D eigenvalue weighted by atomic mass is 10.1. The topological polar surface area (TPSA) is 95.7 Å². The van der Waals surface area contributed by atoms with Crippen LogP contribution in [0.4, 0.5) is 11.4 Å². The van der Waals surface area contributed by atoms with E-state index in [9.17, 15) is 14.7 Å². The van der Waals surface area contributed by atoms with Gasteiger partial charge in [-0.3, -0.25) is 4.79 Å². The zero-order chi connectivity index (χ0) is 18.4. The molecule has 0 aromatic heterocycles. The molecule has 0 unspecified atom stereocenters. The van der Waals surface area contributed by atoms with E-state index in [0.29, 0.717) is 17.9 Å². The molecule has 0 bridgehead atoms. The lowest BCUT2D eigenvalue weighted by molar-refractivity contribution is -0.117. The van der Waals surface area contributed by atoms with Gasteiger partial charge in [-0.2, -0.15) is 0 Å². The average Bonchev–Trinajstić information content (AvgIpc) is 3.43. The van der Waals surface area contributed by atoms with E-state index in [0.717, 1.165) is 18.4 Å². The fraction of sp³-hybridized carbons (Fsp3) is 0.263. The largest absolute Gasteiger partial charge is 0.478 e. The first-order valence-electron chi connectivity index (χ1n) is 8.05. The molecule has 0 radical (unpaired) electrons. The van der Waals surface area contributed by atoms with Gasteiger partial charge < -0.3 is 21.1 Å². The highest BCUT2D eigenvalue weighted by molar-refractivity contribution is 6.02. The molecule has 6 heteroatoms. The maximum Gasteiger partial charge on any atom is 0.337 e. The van der Waals surface area contributed by atoms with E-state index in [1.807, 2.05) is 18.0 Å². The van der Waals surface area contributed by atoms with Crippen LogP contribution in [0, 0.1) is 5.92 Å². The molecular weight excluding hydrogens is 318 g/mol. The molecule has 1 saturated carbocycles. The van der Waals surface area contributed by atoms with Crippen molar-refractivity contribution in [1.82, 2.24) is 0 Å². The van der Waals surface area contributed by atoms with Gasteiger partial charge in [0.05, 0.1) is 11.3 Å². The molecule has 1 aromatic rings. The summed E-state index contributed by atoms with van der Waals surface area (Å²) in [6.45, 7) is 4.12. The molecule has 1 fully saturated rings. The number of nitrogens with one attached hydrogen (secondary N) is 1. The summed E-state index contributed by atoms with van der Waals surface area (Å²) < 4.78 is 0. The molecule has 1 aliphatic carbocycles. The molecule has 1 aliphatic rings. The van der Waals surface area contributed by atoms with Gasteiger partial charge in [-0.05, 0) is 42.8 Å². The lowest BCUT2D eigenvalue weighted by Crippen LogP contribution is -2.21. The maximum atomic E-state index is 11.9. The quantitative estimate of drug-likeness (QED) is 0.632. The molecule has 2 rings (SSSR count). The minimum atomic E-state index is -1.08. The number of anilines is 2. The zero-order valence-electron chi connectivity index (χ0n) is 14.2. The summed E-state index contributed by atoms with van der Waals surface area (Å²) in [5, 5.41) is 12.2. The number of rotatable bonds is 8. The third kappa shape index (κ3) is 4.97. The smallest absolute Gasteiger partial charge is 0.337 e. The summed E-state index contributed by atoms with van der Waals surface area (Å²) >= 11 is 0. The Morgan fingerprint density at radius 3 is 2.72 bits per heavy atom. The van der Waals surface area contributed by atoms with Crippen LogP contribution in [0.15, 0.2) is 54.8 Å². The molecule has 0 spiro atoms. The molecule has 132 valence electrons. The Labute approximate surface area is 147 Å². The van der Waals surface area contributed by atoms with Crippen LogP contribution in [-0.4, -0.2) is 30.6 Å². The van der Waals surface area contributed by atoms with Gasteiger partial charge in [0.1, 0.15) is 0 Å². The first-order chi connectivity index (χ1) is 12.0. The van der Waals surface area contributed by atoms with Gasteiger partial charge in [0.25, 0.3) is 0 Å². The van der Waals surface area contributed by atoms with Gasteiger partial charge >= 0.3 is 5.97 Å². The molecule has 25 heavy (non-hydrogen) atoms. The Bertz CT molecular complexity index is 733. The normalized spacial score (nSPS) is 14.4. The second-order valence-corrected chi connectivity index (χ2v) is 5.99. The lowest BCUT2D eigenvalue weighted by Gasteiger charge is -2.21. The number of hydrogen-bond acceptors (Lipinski definition) is 4. The summed E-state index contributed by atoms with van der Waals surface area (Å²) in [6, 6.07) is 4.96. The first kappa shape index (κ1) is 18.3. The predicted octanol–water partition coefficient (Wildman–Crippen LogP) is 2.75. The number of benzene rings is 1. The number of nitrogens with zero attached hydrogens (tertiary/aromatic N) is 1. The van der Waals surface area contributed by atoms with Gasteiger partial charge in [-0.15, -0.1) is 0 Å². The van der Waals surface area contributed by atoms with E-state index in [1.54, 1.807) is 30.4 Å². The number of carboxylic acids is 1. The molecular formula is C19H23N3O3. The van der Waals surface area contributed by atoms with Crippen LogP contribution in [-0.2, 0) is 4.79 Å². The van der Waals surface area contributed by atoms with E-state index in [2.05, 4.69) is 11.9 Å². The number of carboxylic acid groups (broad SMARTS) is 1. The molecule has 6 nitrogen and oxygen atoms in total. The van der Waals surface area contributed by atoms with Crippen LogP contribution < -0.4 is 16.0 Å². The highest BCUT2D eigenvalue weighted by Crippen LogP contribution is 2.31. The van der Waals surface area contributed by atoms with Crippen molar-refractivity contribution in [3.63, 3.8) is 0 Å². The average molecular weight is 341 g/mol. The van der Waals surface area contributed by atoms with Crippen molar-refractivity contribution in [2.24, 2.45) is 11.7 Å². The van der Waals surface area contributed by atoms with E-state index < -0.39 is 5.97 Å². The van der Waals surface area contributed by atoms with E-state index in [4.69, 9.17) is 5.73 Å². The zero-order valence-corrected chi connectivity index (χ0v) is 14.2. The highest BCUT2D eigenvalue weighted by atomic mass is 16.4. The van der Waals surface area contributed by atoms with Gasteiger partial charge in [-0.1, -0.05) is 24.8 Å². The van der Waals surface area contributed by atoms with Crippen molar-refractivity contribution in [3.05, 3.63) is 60.3 Å². The summed E-state index contributed by atoms with van der Waals surface area (Å²) in [5.74, 6) is -1.19. The highest BCUT2D eigenvalue weighted by Gasteiger charge is 2.30. The summed E-state index contributed by atoms with van der Waals surface area (Å²) in [6.07, 6.45) is 8.50. The number of amides is 1. The van der Waals surface area contributed by atoms with Crippen LogP contribution in [0.1, 0.15) is 23.2 Å². The maximum absolute atomic E-state index is 11.9. The molecule has 0 heterocycles. The number of carbonyl (C=O) groups excluding carboxylic acids is 1. The number of likely N-dealkylation sites (N-methyl/N-ethyl adjacent to an activating group) is 1. The number of carbonyl (C=O) groups is 2. The van der Waals surface area contributed by atoms with Gasteiger partial charge in [0.2, 0.25) is 5.91 Å². The third-order valence-corrected chi connectivity index (χ3v) is 3.96. The second kappa shape index (κ2) is 8.19. The van der Waals surface area contributed by atoms with Crippen molar-refractivity contribution >= 4 is 23.3 Å². The Hall–Kier alpha value is -3.02. The van der Waals surface area contributed by atoms with Crippen molar-refractivity contribution in [2.45, 2.75) is 12.8 Å². The van der Waals surface area contributed by atoms with Crippen LogP contribution >= 0.6 is 0 Å². The molecule has 0 atom stereocenters. The van der Waals surface area contributed by atoms with E-state index in [1.165, 1.54) is 6.20 Å². The van der Waals surface area contributed by atoms with Crippen molar-refractivity contribution in [1.29, 1.82) is 0 Å². The van der Waals surface area contributed by atoms with Crippen molar-refractivity contribution in [2.75, 3.05) is 23.8 Å². The van der Waals surface area contributed by atoms with E-state index >= 15 is 0 Å². The number of nitrogens with two attached hydrogens (primary N) is 1. The number of aromatic carboxylic acids is 1. The van der Waals surface area contributed by atoms with Crippen molar-refractivity contribution in [3.8, 4) is 0 Å². The Balaban J connectivity index is 2.19. The fourth-order valence-corrected chi connectivity index (χ4v) is 2.35. The van der Waals surface area contributed by atoms with Crippen LogP contribution in [0.3, 0.4) is 0 Å². The Kier molecular flexibility index (Phi) is 6.00. The Morgan fingerprint density at radius 1 is 1.44 bits per heavy atom. The SMILES string of the molecule is C=C/C=C\C(=C/N)CN(C)c1ccc(NC(=O)C2CC2)c(C(=O)O)c1. The molecule has 4 N–H and O–H groups in total. The van der Waals surface area contributed by atoms with E-state index in [-0.39, 0.29) is 17.4 Å². The first-order valence-corrected chi connectivity index (χ1v) is 8.05. The molecule has 0 saturated heterocycles. The number of allylic oxidation sites excluding steroid dienone is 2. The summed E-state index contributed by atoms with van der Waals surface area (Å²) in [7, 11) is 1.84. The summed E-state index contributed by atoms with van der Waals surface area (Å²) in [5.41, 5.74) is 7.59. The molecule has 1 amide bonds. The number of hydrogen-bond donors (Lipinski definition) is 3.